The third-order valence-electron chi connectivity index (χ3n) is 1.64. The fourth-order valence-electron chi connectivity index (χ4n) is 1.05. The molecule has 0 spiro atoms. The van der Waals surface area contributed by atoms with E-state index in [9.17, 15) is 4.79 Å². The fourth-order valence-corrected chi connectivity index (χ4v) is 1.05. The van der Waals surface area contributed by atoms with Crippen LogP contribution in [0, 0.1) is 0 Å². The lowest BCUT2D eigenvalue weighted by Crippen LogP contribution is -2.00. The number of benzene rings is 1. The van der Waals surface area contributed by atoms with Crippen LogP contribution in [0.1, 0.15) is 10.4 Å². The van der Waals surface area contributed by atoms with E-state index >= 15 is 0 Å². The molecule has 0 aliphatic heterocycles. The third-order valence-corrected chi connectivity index (χ3v) is 1.64. The van der Waals surface area contributed by atoms with Crippen molar-refractivity contribution in [3.05, 3.63) is 44.6 Å². The van der Waals surface area contributed by atoms with E-state index in [-0.39, 0.29) is 16.9 Å². The van der Waals surface area contributed by atoms with Gasteiger partial charge in [0.2, 0.25) is 0 Å². The van der Waals surface area contributed by atoms with Crippen LogP contribution >= 0.6 is 0 Å². The normalized spacial score (nSPS) is 8.56. The molecule has 0 aromatic heterocycles. The van der Waals surface area contributed by atoms with Gasteiger partial charge in [0.15, 0.2) is 0 Å². The molecule has 80 valence electrons. The highest BCUT2D eigenvalue weighted by Crippen LogP contribution is 2.24. The van der Waals surface area contributed by atoms with Gasteiger partial charge in [0.1, 0.15) is 0 Å². The first kappa shape index (κ1) is 11.4. The van der Waals surface area contributed by atoms with Gasteiger partial charge in [-0.1, -0.05) is 10.2 Å². The van der Waals surface area contributed by atoms with Gasteiger partial charge in [-0.25, -0.2) is 4.79 Å². The Kier molecular flexibility index (Phi) is 3.74. The van der Waals surface area contributed by atoms with E-state index < -0.39 is 5.97 Å². The van der Waals surface area contributed by atoms with Crippen LogP contribution in [0.25, 0.3) is 20.9 Å². The number of methoxy groups -OCH3 is 1. The number of azide groups is 2. The van der Waals surface area contributed by atoms with E-state index in [4.69, 9.17) is 11.1 Å². The molecule has 0 saturated carbocycles. The molecule has 1 aromatic carbocycles. The Labute approximate surface area is 89.7 Å². The smallest absolute Gasteiger partial charge is 0.337 e. The standard InChI is InChI=1S/C8H6N6O2/c1-16-8(15)5-2-6(11-13-9)4-7(3-5)12-14-10/h2-4H,1H3. The van der Waals surface area contributed by atoms with E-state index in [2.05, 4.69) is 24.8 Å². The summed E-state index contributed by atoms with van der Waals surface area (Å²) in [6, 6.07) is 4.02. The quantitative estimate of drug-likeness (QED) is 0.334. The summed E-state index contributed by atoms with van der Waals surface area (Å²) in [6.45, 7) is 0. The highest BCUT2D eigenvalue weighted by Gasteiger charge is 2.07. The van der Waals surface area contributed by atoms with Gasteiger partial charge in [-0.2, -0.15) is 0 Å². The van der Waals surface area contributed by atoms with Crippen LogP contribution in [-0.4, -0.2) is 13.1 Å². The summed E-state index contributed by atoms with van der Waals surface area (Å²) in [5, 5.41) is 6.63. The molecule has 0 bridgehead atoms. The Bertz CT molecular complexity index is 477. The number of hydrogen-bond acceptors (Lipinski definition) is 4. The molecule has 0 fully saturated rings. The number of ether oxygens (including phenoxy) is 1. The van der Waals surface area contributed by atoms with Crippen LogP contribution in [0.5, 0.6) is 0 Å². The Balaban J connectivity index is 3.33. The molecule has 8 nitrogen and oxygen atoms in total. The van der Waals surface area contributed by atoms with Crippen LogP contribution < -0.4 is 0 Å². The van der Waals surface area contributed by atoms with Crippen molar-refractivity contribution in [2.24, 2.45) is 10.2 Å². The van der Waals surface area contributed by atoms with E-state index in [0.717, 1.165) is 0 Å². The Morgan fingerprint density at radius 3 is 2.06 bits per heavy atom. The fraction of sp³-hybridized carbons (Fsp3) is 0.125. The van der Waals surface area contributed by atoms with Gasteiger partial charge in [0, 0.05) is 21.2 Å². The largest absolute Gasteiger partial charge is 0.465 e. The van der Waals surface area contributed by atoms with Gasteiger partial charge < -0.3 is 4.74 Å². The molecule has 0 heterocycles. The van der Waals surface area contributed by atoms with Gasteiger partial charge in [-0.3, -0.25) is 0 Å². The predicted molar refractivity (Wildman–Crippen MR) is 55.4 cm³/mol. The molecule has 0 radical (unpaired) electrons. The van der Waals surface area contributed by atoms with Crippen molar-refractivity contribution in [3.8, 4) is 0 Å². The summed E-state index contributed by atoms with van der Waals surface area (Å²) in [4.78, 5) is 16.4. The van der Waals surface area contributed by atoms with E-state index in [1.807, 2.05) is 0 Å². The minimum Gasteiger partial charge on any atom is -0.465 e. The predicted octanol–water partition coefficient (Wildman–Crippen LogP) is 3.36. The van der Waals surface area contributed by atoms with Gasteiger partial charge in [0.05, 0.1) is 12.7 Å². The molecule has 0 atom stereocenters. The molecule has 0 aliphatic carbocycles. The number of carbonyl (C=O) groups is 1. The van der Waals surface area contributed by atoms with Crippen molar-refractivity contribution < 1.29 is 9.53 Å². The van der Waals surface area contributed by atoms with Crippen LogP contribution in [0.15, 0.2) is 28.4 Å². The second-order valence-electron chi connectivity index (χ2n) is 2.61. The molecule has 0 unspecified atom stereocenters. The van der Waals surface area contributed by atoms with Crippen molar-refractivity contribution in [3.63, 3.8) is 0 Å². The average Bonchev–Trinajstić information content (AvgIpc) is 2.28. The van der Waals surface area contributed by atoms with Crippen LogP contribution in [-0.2, 0) is 4.74 Å². The molecule has 16 heavy (non-hydrogen) atoms. The highest BCUT2D eigenvalue weighted by molar-refractivity contribution is 5.91. The maximum Gasteiger partial charge on any atom is 0.337 e. The van der Waals surface area contributed by atoms with E-state index in [1.165, 1.54) is 25.3 Å². The molecular weight excluding hydrogens is 212 g/mol. The maximum absolute atomic E-state index is 11.2. The lowest BCUT2D eigenvalue weighted by atomic mass is 10.2. The number of esters is 1. The van der Waals surface area contributed by atoms with Crippen LogP contribution in [0.2, 0.25) is 0 Å². The first-order chi connectivity index (χ1) is 7.71. The SMILES string of the molecule is COC(=O)c1cc(N=[N+]=[N-])cc(N=[N+]=[N-])c1. The Morgan fingerprint density at radius 2 is 1.69 bits per heavy atom. The van der Waals surface area contributed by atoms with Crippen LogP contribution in [0.4, 0.5) is 11.4 Å². The van der Waals surface area contributed by atoms with Gasteiger partial charge in [0.25, 0.3) is 0 Å². The lowest BCUT2D eigenvalue weighted by Gasteiger charge is -2.01. The second-order valence-corrected chi connectivity index (χ2v) is 2.61. The number of rotatable bonds is 3. The monoisotopic (exact) mass is 218 g/mol. The topological polar surface area (TPSA) is 124 Å². The highest BCUT2D eigenvalue weighted by atomic mass is 16.5. The van der Waals surface area contributed by atoms with Gasteiger partial charge in [-0.05, 0) is 29.3 Å². The van der Waals surface area contributed by atoms with E-state index in [0.29, 0.717) is 0 Å². The first-order valence-electron chi connectivity index (χ1n) is 4.05. The molecule has 1 rings (SSSR count). The number of carbonyl (C=O) groups excluding carboxylic acids is 1. The zero-order chi connectivity index (χ0) is 12.0. The van der Waals surface area contributed by atoms with Crippen LogP contribution in [0.3, 0.4) is 0 Å². The minimum atomic E-state index is -0.607. The minimum absolute atomic E-state index is 0.148. The van der Waals surface area contributed by atoms with Crippen molar-refractivity contribution in [2.45, 2.75) is 0 Å². The van der Waals surface area contributed by atoms with Crippen molar-refractivity contribution >= 4 is 17.3 Å². The summed E-state index contributed by atoms with van der Waals surface area (Å²) < 4.78 is 4.49. The number of hydrogen-bond donors (Lipinski definition) is 0. The summed E-state index contributed by atoms with van der Waals surface area (Å²) in [5.41, 5.74) is 17.0. The maximum atomic E-state index is 11.2. The zero-order valence-electron chi connectivity index (χ0n) is 8.23. The molecule has 8 heteroatoms. The summed E-state index contributed by atoms with van der Waals surface area (Å²) in [7, 11) is 1.22. The Hall–Kier alpha value is -2.69. The zero-order valence-corrected chi connectivity index (χ0v) is 8.23. The molecule has 0 N–H and O–H groups in total. The van der Waals surface area contributed by atoms with Crippen molar-refractivity contribution in [2.75, 3.05) is 7.11 Å². The van der Waals surface area contributed by atoms with Crippen molar-refractivity contribution in [1.29, 1.82) is 0 Å². The molecule has 1 aromatic rings. The summed E-state index contributed by atoms with van der Waals surface area (Å²) in [6.07, 6.45) is 0. The molecule has 0 saturated heterocycles. The Morgan fingerprint density at radius 1 is 1.19 bits per heavy atom. The molecule has 0 amide bonds. The lowest BCUT2D eigenvalue weighted by molar-refractivity contribution is 0.0601. The number of nitrogens with zero attached hydrogens (tertiary/aromatic N) is 6. The van der Waals surface area contributed by atoms with E-state index in [1.54, 1.807) is 0 Å². The third kappa shape index (κ3) is 2.65. The average molecular weight is 218 g/mol. The van der Waals surface area contributed by atoms with Crippen molar-refractivity contribution in [1.82, 2.24) is 0 Å². The summed E-state index contributed by atoms with van der Waals surface area (Å²) in [5.74, 6) is -0.607. The van der Waals surface area contributed by atoms with Gasteiger partial charge >= 0.3 is 5.97 Å². The van der Waals surface area contributed by atoms with Gasteiger partial charge in [-0.15, -0.1) is 0 Å². The second kappa shape index (κ2) is 5.26. The summed E-state index contributed by atoms with van der Waals surface area (Å²) >= 11 is 0. The first-order valence-corrected chi connectivity index (χ1v) is 4.05. The molecular formula is C8H6N6O2. The molecule has 0 aliphatic rings.